The molecule has 1 amide bonds. The fourth-order valence-corrected chi connectivity index (χ4v) is 3.40. The van der Waals surface area contributed by atoms with Crippen LogP contribution in [-0.2, 0) is 6.61 Å². The number of carbonyl (C=O) groups excluding carboxylic acids is 1. The Morgan fingerprint density at radius 3 is 2.54 bits per heavy atom. The van der Waals surface area contributed by atoms with Crippen molar-refractivity contribution in [3.8, 4) is 11.5 Å². The number of carbonyl (C=O) groups is 1. The van der Waals surface area contributed by atoms with Gasteiger partial charge >= 0.3 is 0 Å². The highest BCUT2D eigenvalue weighted by atomic mass is 79.9. The van der Waals surface area contributed by atoms with Crippen molar-refractivity contribution in [3.05, 3.63) is 86.8 Å². The maximum Gasteiger partial charge on any atom is 0.255 e. The first-order valence-corrected chi connectivity index (χ1v) is 9.77. The number of hydrogen-bond acceptors (Lipinski definition) is 3. The summed E-state index contributed by atoms with van der Waals surface area (Å²) in [5.41, 5.74) is 3.03. The van der Waals surface area contributed by atoms with Crippen molar-refractivity contribution < 1.29 is 14.3 Å². The summed E-state index contributed by atoms with van der Waals surface area (Å²) in [6.45, 7) is 2.27. The third kappa shape index (κ3) is 4.86. The molecular formula is C22H19BrClNO3. The number of ether oxygens (including phenoxy) is 2. The molecule has 0 aliphatic rings. The van der Waals surface area contributed by atoms with Crippen LogP contribution >= 0.6 is 27.5 Å². The number of halogens is 2. The van der Waals surface area contributed by atoms with Crippen LogP contribution < -0.4 is 14.8 Å². The van der Waals surface area contributed by atoms with Crippen molar-refractivity contribution in [2.24, 2.45) is 0 Å². The summed E-state index contributed by atoms with van der Waals surface area (Å²) in [5.74, 6) is 0.742. The summed E-state index contributed by atoms with van der Waals surface area (Å²) in [5, 5.41) is 3.45. The summed E-state index contributed by atoms with van der Waals surface area (Å²) in [7, 11) is 1.56. The van der Waals surface area contributed by atoms with Gasteiger partial charge in [0.05, 0.1) is 11.6 Å². The second-order valence-corrected chi connectivity index (χ2v) is 7.44. The lowest BCUT2D eigenvalue weighted by atomic mass is 10.1. The molecule has 28 heavy (non-hydrogen) atoms. The Morgan fingerprint density at radius 2 is 1.86 bits per heavy atom. The molecule has 0 aromatic heterocycles. The zero-order valence-corrected chi connectivity index (χ0v) is 17.8. The molecule has 0 bridgehead atoms. The van der Waals surface area contributed by atoms with Crippen LogP contribution in [0.3, 0.4) is 0 Å². The van der Waals surface area contributed by atoms with E-state index in [9.17, 15) is 4.79 Å². The summed E-state index contributed by atoms with van der Waals surface area (Å²) >= 11 is 9.59. The molecule has 0 unspecified atom stereocenters. The highest BCUT2D eigenvalue weighted by molar-refractivity contribution is 9.10. The maximum atomic E-state index is 12.7. The first-order chi connectivity index (χ1) is 13.5. The average molecular weight is 461 g/mol. The highest BCUT2D eigenvalue weighted by Gasteiger charge is 2.16. The van der Waals surface area contributed by atoms with Gasteiger partial charge in [-0.1, -0.05) is 48.0 Å². The molecule has 0 aliphatic carbocycles. The molecule has 0 fully saturated rings. The Hall–Kier alpha value is -2.50. The number of rotatable bonds is 6. The predicted octanol–water partition coefficient (Wildman–Crippen LogP) is 6.25. The maximum absolute atomic E-state index is 12.7. The minimum Gasteiger partial charge on any atom is -0.492 e. The molecule has 3 aromatic carbocycles. The minimum atomic E-state index is -0.271. The first kappa shape index (κ1) is 20.2. The molecule has 0 atom stereocenters. The summed E-state index contributed by atoms with van der Waals surface area (Å²) in [6, 6.07) is 18.5. The molecule has 0 aliphatic heterocycles. The van der Waals surface area contributed by atoms with Gasteiger partial charge in [0.1, 0.15) is 6.61 Å². The normalized spacial score (nSPS) is 10.4. The van der Waals surface area contributed by atoms with Gasteiger partial charge in [0.25, 0.3) is 5.91 Å². The number of hydrogen-bond donors (Lipinski definition) is 1. The Kier molecular flexibility index (Phi) is 6.60. The van der Waals surface area contributed by atoms with Crippen molar-refractivity contribution in [3.63, 3.8) is 0 Å². The van der Waals surface area contributed by atoms with Gasteiger partial charge in [0.2, 0.25) is 0 Å². The summed E-state index contributed by atoms with van der Waals surface area (Å²) < 4.78 is 12.0. The van der Waals surface area contributed by atoms with Crippen LogP contribution in [0, 0.1) is 6.92 Å². The van der Waals surface area contributed by atoms with E-state index in [1.807, 2.05) is 49.4 Å². The highest BCUT2D eigenvalue weighted by Crippen LogP contribution is 2.37. The number of anilines is 1. The van der Waals surface area contributed by atoms with E-state index in [4.69, 9.17) is 21.1 Å². The van der Waals surface area contributed by atoms with Gasteiger partial charge in [0.15, 0.2) is 11.5 Å². The van der Waals surface area contributed by atoms with Crippen LogP contribution in [0.2, 0.25) is 5.02 Å². The van der Waals surface area contributed by atoms with E-state index in [0.29, 0.717) is 38.9 Å². The van der Waals surface area contributed by atoms with Gasteiger partial charge in [-0.15, -0.1) is 0 Å². The zero-order chi connectivity index (χ0) is 20.1. The van der Waals surface area contributed by atoms with Crippen LogP contribution in [-0.4, -0.2) is 13.0 Å². The van der Waals surface area contributed by atoms with Gasteiger partial charge in [-0.3, -0.25) is 4.79 Å². The van der Waals surface area contributed by atoms with Crippen molar-refractivity contribution in [1.29, 1.82) is 0 Å². The lowest BCUT2D eigenvalue weighted by molar-refractivity contribution is 0.102. The fraction of sp³-hybridized carbons (Fsp3) is 0.136. The second kappa shape index (κ2) is 9.13. The van der Waals surface area contributed by atoms with Gasteiger partial charge in [-0.2, -0.15) is 0 Å². The van der Waals surface area contributed by atoms with E-state index in [2.05, 4.69) is 21.2 Å². The number of methoxy groups -OCH3 is 1. The zero-order valence-electron chi connectivity index (χ0n) is 15.5. The number of amides is 1. The Bertz CT molecular complexity index is 993. The molecule has 4 nitrogen and oxygen atoms in total. The largest absolute Gasteiger partial charge is 0.492 e. The van der Waals surface area contributed by atoms with Gasteiger partial charge < -0.3 is 14.8 Å². The lowest BCUT2D eigenvalue weighted by Crippen LogP contribution is -2.12. The summed E-state index contributed by atoms with van der Waals surface area (Å²) in [6.07, 6.45) is 0. The number of aryl methyl sites for hydroxylation is 1. The predicted molar refractivity (Wildman–Crippen MR) is 116 cm³/mol. The molecule has 0 saturated carbocycles. The van der Waals surface area contributed by atoms with Gasteiger partial charge in [0, 0.05) is 16.3 Å². The molecule has 0 saturated heterocycles. The van der Waals surface area contributed by atoms with Crippen molar-refractivity contribution in [2.75, 3.05) is 12.4 Å². The first-order valence-electron chi connectivity index (χ1n) is 8.59. The Balaban J connectivity index is 1.83. The average Bonchev–Trinajstić information content (AvgIpc) is 2.69. The van der Waals surface area contributed by atoms with E-state index in [-0.39, 0.29) is 5.91 Å². The summed E-state index contributed by atoms with van der Waals surface area (Å²) in [4.78, 5) is 12.7. The monoisotopic (exact) mass is 459 g/mol. The van der Waals surface area contributed by atoms with E-state index < -0.39 is 0 Å². The van der Waals surface area contributed by atoms with Gasteiger partial charge in [-0.05, 0) is 58.2 Å². The number of benzene rings is 3. The second-order valence-electron chi connectivity index (χ2n) is 6.18. The molecule has 3 rings (SSSR count). The quantitative estimate of drug-likeness (QED) is 0.473. The minimum absolute atomic E-state index is 0.271. The van der Waals surface area contributed by atoms with Crippen LogP contribution in [0.25, 0.3) is 0 Å². The smallest absolute Gasteiger partial charge is 0.255 e. The molecule has 0 spiro atoms. The van der Waals surface area contributed by atoms with Crippen molar-refractivity contribution in [2.45, 2.75) is 13.5 Å². The molecular weight excluding hydrogens is 442 g/mol. The fourth-order valence-electron chi connectivity index (χ4n) is 2.61. The topological polar surface area (TPSA) is 47.6 Å². The molecule has 1 N–H and O–H groups in total. The lowest BCUT2D eigenvalue weighted by Gasteiger charge is -2.14. The SMILES string of the molecule is COc1c(Br)cc(C(=O)Nc2ccc(C)c(Cl)c2)cc1OCc1ccccc1. The molecule has 144 valence electrons. The Labute approximate surface area is 177 Å². The van der Waals surface area contributed by atoms with Crippen LogP contribution in [0.15, 0.2) is 65.1 Å². The standard InChI is InChI=1S/C22H19BrClNO3/c1-14-8-9-17(12-19(14)24)25-22(26)16-10-18(23)21(27-2)20(11-16)28-13-15-6-4-3-5-7-15/h3-12H,13H2,1-2H3,(H,25,26). The van der Waals surface area contributed by atoms with Crippen LogP contribution in [0.1, 0.15) is 21.5 Å². The third-order valence-electron chi connectivity index (χ3n) is 4.14. The molecule has 6 heteroatoms. The van der Waals surface area contributed by atoms with Gasteiger partial charge in [-0.25, -0.2) is 0 Å². The van der Waals surface area contributed by atoms with Crippen molar-refractivity contribution >= 4 is 39.1 Å². The van der Waals surface area contributed by atoms with Crippen LogP contribution in [0.4, 0.5) is 5.69 Å². The van der Waals surface area contributed by atoms with E-state index in [1.54, 1.807) is 25.3 Å². The van der Waals surface area contributed by atoms with E-state index in [1.165, 1.54) is 0 Å². The molecule has 3 aromatic rings. The van der Waals surface area contributed by atoms with E-state index in [0.717, 1.165) is 11.1 Å². The van der Waals surface area contributed by atoms with Crippen LogP contribution in [0.5, 0.6) is 11.5 Å². The van der Waals surface area contributed by atoms with Crippen molar-refractivity contribution in [1.82, 2.24) is 0 Å². The Morgan fingerprint density at radius 1 is 1.11 bits per heavy atom. The number of nitrogens with one attached hydrogen (secondary N) is 1. The molecule has 0 heterocycles. The molecule has 0 radical (unpaired) electrons. The van der Waals surface area contributed by atoms with E-state index >= 15 is 0 Å². The third-order valence-corrected chi connectivity index (χ3v) is 5.14.